The summed E-state index contributed by atoms with van der Waals surface area (Å²) in [4.78, 5) is 2.48. The van der Waals surface area contributed by atoms with E-state index in [2.05, 4.69) is 11.8 Å². The zero-order valence-electron chi connectivity index (χ0n) is 8.28. The number of aliphatic hydroxyl groups is 1. The third kappa shape index (κ3) is 2.03. The van der Waals surface area contributed by atoms with Gasteiger partial charge in [-0.3, -0.25) is 4.90 Å². The molecule has 13 heavy (non-hydrogen) atoms. The van der Waals surface area contributed by atoms with E-state index in [0.29, 0.717) is 12.0 Å². The van der Waals surface area contributed by atoms with Crippen molar-refractivity contribution in [3.8, 4) is 0 Å². The van der Waals surface area contributed by atoms with Crippen LogP contribution in [0.3, 0.4) is 0 Å². The standard InChI is InChI=1S/C10H19NO2/c1-8-6-11(4-2-10(8)12)9-3-5-13-7-9/h8-10,12H,2-7H2,1H3. The van der Waals surface area contributed by atoms with E-state index in [1.54, 1.807) is 0 Å². The highest BCUT2D eigenvalue weighted by Gasteiger charge is 2.30. The zero-order chi connectivity index (χ0) is 9.26. The fourth-order valence-electron chi connectivity index (χ4n) is 2.31. The summed E-state index contributed by atoms with van der Waals surface area (Å²) in [6, 6.07) is 0.620. The van der Waals surface area contributed by atoms with E-state index in [1.165, 1.54) is 6.42 Å². The molecule has 0 aromatic carbocycles. The molecule has 0 saturated carbocycles. The molecule has 2 aliphatic rings. The molecule has 3 nitrogen and oxygen atoms in total. The lowest BCUT2D eigenvalue weighted by molar-refractivity contribution is 0.0149. The highest BCUT2D eigenvalue weighted by molar-refractivity contribution is 4.83. The largest absolute Gasteiger partial charge is 0.393 e. The Kier molecular flexibility index (Phi) is 2.86. The summed E-state index contributed by atoms with van der Waals surface area (Å²) >= 11 is 0. The summed E-state index contributed by atoms with van der Waals surface area (Å²) in [6.45, 7) is 6.02. The number of piperidine rings is 1. The number of ether oxygens (including phenoxy) is 1. The minimum absolute atomic E-state index is 0.0847. The summed E-state index contributed by atoms with van der Waals surface area (Å²) in [7, 11) is 0. The van der Waals surface area contributed by atoms with E-state index in [0.717, 1.165) is 32.7 Å². The van der Waals surface area contributed by atoms with E-state index in [9.17, 15) is 5.11 Å². The number of hydrogen-bond acceptors (Lipinski definition) is 3. The second-order valence-corrected chi connectivity index (χ2v) is 4.35. The highest BCUT2D eigenvalue weighted by Crippen LogP contribution is 2.21. The van der Waals surface area contributed by atoms with Gasteiger partial charge in [0.2, 0.25) is 0 Å². The van der Waals surface area contributed by atoms with E-state index in [4.69, 9.17) is 4.74 Å². The Balaban J connectivity index is 1.87. The Hall–Kier alpha value is -0.120. The molecule has 76 valence electrons. The third-order valence-corrected chi connectivity index (χ3v) is 3.31. The van der Waals surface area contributed by atoms with Crippen LogP contribution in [0, 0.1) is 5.92 Å². The van der Waals surface area contributed by atoms with Crippen LogP contribution in [-0.2, 0) is 4.74 Å². The van der Waals surface area contributed by atoms with E-state index in [1.807, 2.05) is 0 Å². The Morgan fingerprint density at radius 2 is 2.23 bits per heavy atom. The van der Waals surface area contributed by atoms with Crippen molar-refractivity contribution in [1.82, 2.24) is 4.90 Å². The molecule has 2 rings (SSSR count). The van der Waals surface area contributed by atoms with Crippen molar-refractivity contribution < 1.29 is 9.84 Å². The lowest BCUT2D eigenvalue weighted by Gasteiger charge is -2.37. The monoisotopic (exact) mass is 185 g/mol. The van der Waals surface area contributed by atoms with Gasteiger partial charge in [-0.15, -0.1) is 0 Å². The molecule has 1 N–H and O–H groups in total. The van der Waals surface area contributed by atoms with Gasteiger partial charge in [0, 0.05) is 25.7 Å². The number of nitrogens with zero attached hydrogens (tertiary/aromatic N) is 1. The van der Waals surface area contributed by atoms with Crippen molar-refractivity contribution in [3.05, 3.63) is 0 Å². The molecule has 0 aromatic rings. The van der Waals surface area contributed by atoms with E-state index >= 15 is 0 Å². The predicted molar refractivity (Wildman–Crippen MR) is 50.6 cm³/mol. The van der Waals surface area contributed by atoms with Crippen LogP contribution < -0.4 is 0 Å². The molecular formula is C10H19NO2. The van der Waals surface area contributed by atoms with Crippen molar-refractivity contribution >= 4 is 0 Å². The first kappa shape index (κ1) is 9.44. The average molecular weight is 185 g/mol. The lowest BCUT2D eigenvalue weighted by Crippen LogP contribution is -2.47. The second-order valence-electron chi connectivity index (χ2n) is 4.35. The molecule has 2 aliphatic heterocycles. The minimum atomic E-state index is -0.0847. The molecule has 0 amide bonds. The molecule has 0 radical (unpaired) electrons. The van der Waals surface area contributed by atoms with Crippen LogP contribution in [-0.4, -0.2) is 48.5 Å². The number of aliphatic hydroxyl groups excluding tert-OH is 1. The van der Waals surface area contributed by atoms with Crippen molar-refractivity contribution in [2.75, 3.05) is 26.3 Å². The predicted octanol–water partition coefficient (Wildman–Crippen LogP) is 0.478. The first-order valence-electron chi connectivity index (χ1n) is 5.27. The van der Waals surface area contributed by atoms with Gasteiger partial charge in [-0.05, 0) is 18.8 Å². The number of rotatable bonds is 1. The fraction of sp³-hybridized carbons (Fsp3) is 1.00. The third-order valence-electron chi connectivity index (χ3n) is 3.31. The van der Waals surface area contributed by atoms with Gasteiger partial charge in [-0.2, -0.15) is 0 Å². The lowest BCUT2D eigenvalue weighted by atomic mass is 9.95. The van der Waals surface area contributed by atoms with Crippen molar-refractivity contribution in [3.63, 3.8) is 0 Å². The molecule has 0 spiro atoms. The molecule has 0 aliphatic carbocycles. The topological polar surface area (TPSA) is 32.7 Å². The molecule has 2 heterocycles. The van der Waals surface area contributed by atoms with Crippen molar-refractivity contribution in [2.45, 2.75) is 31.9 Å². The van der Waals surface area contributed by atoms with Crippen LogP contribution in [0.25, 0.3) is 0 Å². The summed E-state index contributed by atoms with van der Waals surface area (Å²) in [5, 5.41) is 9.58. The highest BCUT2D eigenvalue weighted by atomic mass is 16.5. The molecule has 3 atom stereocenters. The first-order chi connectivity index (χ1) is 6.27. The summed E-state index contributed by atoms with van der Waals surface area (Å²) in [5.41, 5.74) is 0. The molecular weight excluding hydrogens is 166 g/mol. The minimum Gasteiger partial charge on any atom is -0.393 e. The Morgan fingerprint density at radius 3 is 2.85 bits per heavy atom. The van der Waals surface area contributed by atoms with Gasteiger partial charge < -0.3 is 9.84 Å². The molecule has 0 aromatic heterocycles. The van der Waals surface area contributed by atoms with Gasteiger partial charge in [-0.25, -0.2) is 0 Å². The van der Waals surface area contributed by atoms with Gasteiger partial charge in [0.25, 0.3) is 0 Å². The quantitative estimate of drug-likeness (QED) is 0.645. The Labute approximate surface area is 79.7 Å². The summed E-state index contributed by atoms with van der Waals surface area (Å²) < 4.78 is 5.37. The Morgan fingerprint density at radius 1 is 1.38 bits per heavy atom. The normalized spacial score (nSPS) is 42.5. The maximum absolute atomic E-state index is 9.58. The molecule has 2 saturated heterocycles. The van der Waals surface area contributed by atoms with Crippen molar-refractivity contribution in [1.29, 1.82) is 0 Å². The van der Waals surface area contributed by atoms with Gasteiger partial charge in [0.15, 0.2) is 0 Å². The molecule has 3 heteroatoms. The van der Waals surface area contributed by atoms with E-state index < -0.39 is 0 Å². The summed E-state index contributed by atoms with van der Waals surface area (Å²) in [6.07, 6.45) is 2.01. The zero-order valence-corrected chi connectivity index (χ0v) is 8.28. The molecule has 2 fully saturated rings. The van der Waals surface area contributed by atoms with Gasteiger partial charge in [0.1, 0.15) is 0 Å². The summed E-state index contributed by atoms with van der Waals surface area (Å²) in [5.74, 6) is 0.425. The number of hydrogen-bond donors (Lipinski definition) is 1. The SMILES string of the molecule is CC1CN(C2CCOC2)CCC1O. The average Bonchev–Trinajstić information content (AvgIpc) is 2.62. The Bertz CT molecular complexity index is 168. The van der Waals surface area contributed by atoms with Crippen LogP contribution in [0.5, 0.6) is 0 Å². The van der Waals surface area contributed by atoms with Crippen LogP contribution in [0.4, 0.5) is 0 Å². The van der Waals surface area contributed by atoms with Gasteiger partial charge >= 0.3 is 0 Å². The second kappa shape index (κ2) is 3.95. The first-order valence-corrected chi connectivity index (χ1v) is 5.27. The van der Waals surface area contributed by atoms with E-state index in [-0.39, 0.29) is 6.10 Å². The van der Waals surface area contributed by atoms with Crippen LogP contribution >= 0.6 is 0 Å². The molecule has 0 bridgehead atoms. The maximum atomic E-state index is 9.58. The van der Waals surface area contributed by atoms with Crippen LogP contribution in [0.15, 0.2) is 0 Å². The number of likely N-dealkylation sites (tertiary alicyclic amines) is 1. The van der Waals surface area contributed by atoms with Crippen LogP contribution in [0.2, 0.25) is 0 Å². The maximum Gasteiger partial charge on any atom is 0.0622 e. The fourth-order valence-corrected chi connectivity index (χ4v) is 2.31. The van der Waals surface area contributed by atoms with Crippen LogP contribution in [0.1, 0.15) is 19.8 Å². The smallest absolute Gasteiger partial charge is 0.0622 e. The van der Waals surface area contributed by atoms with Gasteiger partial charge in [-0.1, -0.05) is 6.92 Å². The van der Waals surface area contributed by atoms with Crippen molar-refractivity contribution in [2.24, 2.45) is 5.92 Å². The van der Waals surface area contributed by atoms with Gasteiger partial charge in [0.05, 0.1) is 12.7 Å². The molecule has 3 unspecified atom stereocenters.